The van der Waals surface area contributed by atoms with E-state index in [0.29, 0.717) is 23.1 Å². The molecule has 0 fully saturated rings. The molecule has 0 aliphatic carbocycles. The highest BCUT2D eigenvalue weighted by Crippen LogP contribution is 2.31. The summed E-state index contributed by atoms with van der Waals surface area (Å²) in [6.07, 6.45) is 1.72. The lowest BCUT2D eigenvalue weighted by molar-refractivity contribution is 0.464. The molecule has 1 aromatic heterocycles. The van der Waals surface area contributed by atoms with Gasteiger partial charge in [0.25, 0.3) is 0 Å². The van der Waals surface area contributed by atoms with Gasteiger partial charge in [0, 0.05) is 12.5 Å². The number of nitrogens with zero attached hydrogens (tertiary/aromatic N) is 2. The number of halogens is 1. The molecule has 0 aliphatic rings. The van der Waals surface area contributed by atoms with E-state index in [1.54, 1.807) is 6.20 Å². The van der Waals surface area contributed by atoms with Gasteiger partial charge in [0.05, 0.1) is 11.2 Å². The average molecular weight is 306 g/mol. The van der Waals surface area contributed by atoms with E-state index in [-0.39, 0.29) is 5.92 Å². The van der Waals surface area contributed by atoms with Gasteiger partial charge in [0.1, 0.15) is 17.3 Å². The Labute approximate surface area is 130 Å². The molecule has 5 heteroatoms. The molecule has 0 unspecified atom stereocenters. The van der Waals surface area contributed by atoms with E-state index in [0.717, 1.165) is 17.1 Å². The number of nitrogens with one attached hydrogen (secondary N) is 1. The zero-order chi connectivity index (χ0) is 15.4. The summed E-state index contributed by atoms with van der Waals surface area (Å²) in [5.41, 5.74) is 1.91. The van der Waals surface area contributed by atoms with Crippen LogP contribution in [-0.4, -0.2) is 17.0 Å². The average Bonchev–Trinajstić information content (AvgIpc) is 2.44. The fourth-order valence-corrected chi connectivity index (χ4v) is 2.04. The maximum Gasteiger partial charge on any atom is 0.168 e. The Kier molecular flexibility index (Phi) is 5.15. The van der Waals surface area contributed by atoms with Crippen LogP contribution in [0.5, 0.6) is 11.5 Å². The van der Waals surface area contributed by atoms with Gasteiger partial charge in [-0.1, -0.05) is 31.5 Å². The van der Waals surface area contributed by atoms with Gasteiger partial charge in [-0.25, -0.2) is 9.97 Å². The Morgan fingerprint density at radius 2 is 2.05 bits per heavy atom. The molecule has 21 heavy (non-hydrogen) atoms. The highest BCUT2D eigenvalue weighted by Gasteiger charge is 2.12. The van der Waals surface area contributed by atoms with Gasteiger partial charge in [-0.15, -0.1) is 0 Å². The third-order valence-corrected chi connectivity index (χ3v) is 3.33. The van der Waals surface area contributed by atoms with E-state index in [1.165, 1.54) is 0 Å². The van der Waals surface area contributed by atoms with E-state index < -0.39 is 0 Å². The van der Waals surface area contributed by atoms with Gasteiger partial charge < -0.3 is 10.1 Å². The quantitative estimate of drug-likeness (QED) is 0.904. The van der Waals surface area contributed by atoms with Crippen LogP contribution in [0.3, 0.4) is 0 Å². The molecule has 1 N–H and O–H groups in total. The second kappa shape index (κ2) is 6.87. The van der Waals surface area contributed by atoms with Gasteiger partial charge in [-0.2, -0.15) is 0 Å². The molecular weight excluding hydrogens is 286 g/mol. The van der Waals surface area contributed by atoms with Crippen molar-refractivity contribution in [1.82, 2.24) is 15.3 Å². The summed E-state index contributed by atoms with van der Waals surface area (Å²) < 4.78 is 5.91. The van der Waals surface area contributed by atoms with Gasteiger partial charge >= 0.3 is 0 Å². The van der Waals surface area contributed by atoms with Crippen molar-refractivity contribution in [3.05, 3.63) is 46.5 Å². The van der Waals surface area contributed by atoms with Crippen molar-refractivity contribution in [3.63, 3.8) is 0 Å². The standard InChI is InChI=1S/C16H20ClN3O/c1-10(2)16-19-9-15(13(20-16)8-18-4)21-14-7-11(3)5-6-12(14)17/h5-7,9-10,18H,8H2,1-4H3. The molecule has 2 rings (SSSR count). The summed E-state index contributed by atoms with van der Waals surface area (Å²) in [7, 11) is 1.88. The monoisotopic (exact) mass is 305 g/mol. The number of aryl methyl sites for hydroxylation is 1. The fraction of sp³-hybridized carbons (Fsp3) is 0.375. The zero-order valence-corrected chi connectivity index (χ0v) is 13.5. The minimum Gasteiger partial charge on any atom is -0.452 e. The molecule has 0 amide bonds. The van der Waals surface area contributed by atoms with Gasteiger partial charge in [0.15, 0.2) is 5.75 Å². The second-order valence-electron chi connectivity index (χ2n) is 5.26. The Bertz CT molecular complexity index is 629. The first-order valence-electron chi connectivity index (χ1n) is 6.95. The van der Waals surface area contributed by atoms with Crippen LogP contribution in [0.2, 0.25) is 5.02 Å². The summed E-state index contributed by atoms with van der Waals surface area (Å²) in [4.78, 5) is 8.93. The van der Waals surface area contributed by atoms with Crippen molar-refractivity contribution >= 4 is 11.6 Å². The van der Waals surface area contributed by atoms with Gasteiger partial charge in [-0.3, -0.25) is 0 Å². The Hall–Kier alpha value is -1.65. The van der Waals surface area contributed by atoms with E-state index >= 15 is 0 Å². The smallest absolute Gasteiger partial charge is 0.168 e. The van der Waals surface area contributed by atoms with Crippen LogP contribution in [0.4, 0.5) is 0 Å². The second-order valence-corrected chi connectivity index (χ2v) is 5.67. The van der Waals surface area contributed by atoms with Crippen molar-refractivity contribution < 1.29 is 4.74 Å². The van der Waals surface area contributed by atoms with Crippen LogP contribution in [0.25, 0.3) is 0 Å². The van der Waals surface area contributed by atoms with Crippen molar-refractivity contribution in [3.8, 4) is 11.5 Å². The van der Waals surface area contributed by atoms with Crippen molar-refractivity contribution in [2.45, 2.75) is 33.2 Å². The summed E-state index contributed by atoms with van der Waals surface area (Å²) in [5, 5.41) is 3.67. The number of hydrogen-bond acceptors (Lipinski definition) is 4. The van der Waals surface area contributed by atoms with Crippen molar-refractivity contribution in [1.29, 1.82) is 0 Å². The largest absolute Gasteiger partial charge is 0.452 e. The first-order valence-corrected chi connectivity index (χ1v) is 7.33. The van der Waals surface area contributed by atoms with Crippen molar-refractivity contribution in [2.24, 2.45) is 0 Å². The lowest BCUT2D eigenvalue weighted by Gasteiger charge is -2.13. The highest BCUT2D eigenvalue weighted by atomic mass is 35.5. The molecule has 4 nitrogen and oxygen atoms in total. The summed E-state index contributed by atoms with van der Waals surface area (Å²) >= 11 is 6.18. The SMILES string of the molecule is CNCc1nc(C(C)C)ncc1Oc1cc(C)ccc1Cl. The molecule has 2 aromatic rings. The first-order chi connectivity index (χ1) is 10.0. The van der Waals surface area contributed by atoms with Gasteiger partial charge in [0.2, 0.25) is 0 Å². The molecule has 0 spiro atoms. The zero-order valence-electron chi connectivity index (χ0n) is 12.8. The molecule has 0 bridgehead atoms. The number of rotatable bonds is 5. The summed E-state index contributed by atoms with van der Waals surface area (Å²) in [6, 6.07) is 5.68. The predicted molar refractivity (Wildman–Crippen MR) is 85.1 cm³/mol. The third kappa shape index (κ3) is 3.93. The van der Waals surface area contributed by atoms with E-state index in [9.17, 15) is 0 Å². The van der Waals surface area contributed by atoms with Crippen molar-refractivity contribution in [2.75, 3.05) is 7.05 Å². The van der Waals surface area contributed by atoms with Crippen LogP contribution in [0, 0.1) is 6.92 Å². The van der Waals surface area contributed by atoms with E-state index in [2.05, 4.69) is 29.1 Å². The van der Waals surface area contributed by atoms with Crippen LogP contribution in [0.1, 0.15) is 36.8 Å². The minimum atomic E-state index is 0.275. The number of hydrogen-bond donors (Lipinski definition) is 1. The number of ether oxygens (including phenoxy) is 1. The van der Waals surface area contributed by atoms with E-state index in [4.69, 9.17) is 16.3 Å². The molecule has 1 aromatic carbocycles. The topological polar surface area (TPSA) is 47.0 Å². The third-order valence-electron chi connectivity index (χ3n) is 3.02. The predicted octanol–water partition coefficient (Wildman–Crippen LogP) is 4.07. The Balaban J connectivity index is 2.36. The van der Waals surface area contributed by atoms with Crippen LogP contribution >= 0.6 is 11.6 Å². The molecule has 0 saturated heterocycles. The Morgan fingerprint density at radius 3 is 2.71 bits per heavy atom. The van der Waals surface area contributed by atoms with Crippen LogP contribution < -0.4 is 10.1 Å². The maximum atomic E-state index is 6.18. The van der Waals surface area contributed by atoms with E-state index in [1.807, 2.05) is 32.2 Å². The minimum absolute atomic E-state index is 0.275. The lowest BCUT2D eigenvalue weighted by atomic mass is 10.2. The molecule has 0 radical (unpaired) electrons. The first kappa shape index (κ1) is 15.7. The molecule has 0 atom stereocenters. The lowest BCUT2D eigenvalue weighted by Crippen LogP contribution is -2.11. The highest BCUT2D eigenvalue weighted by molar-refractivity contribution is 6.32. The molecule has 1 heterocycles. The molecule has 0 aliphatic heterocycles. The fourth-order valence-electron chi connectivity index (χ4n) is 1.89. The molecular formula is C16H20ClN3O. The number of benzene rings is 1. The normalized spacial score (nSPS) is 11.0. The molecule has 0 saturated carbocycles. The summed E-state index contributed by atoms with van der Waals surface area (Å²) in [5.74, 6) is 2.33. The summed E-state index contributed by atoms with van der Waals surface area (Å²) in [6.45, 7) is 6.74. The van der Waals surface area contributed by atoms with Crippen LogP contribution in [0.15, 0.2) is 24.4 Å². The molecule has 112 valence electrons. The van der Waals surface area contributed by atoms with Crippen LogP contribution in [-0.2, 0) is 6.54 Å². The number of aromatic nitrogens is 2. The Morgan fingerprint density at radius 1 is 1.29 bits per heavy atom. The van der Waals surface area contributed by atoms with Gasteiger partial charge in [-0.05, 0) is 31.7 Å². The maximum absolute atomic E-state index is 6.18.